The zero-order valence-corrected chi connectivity index (χ0v) is 17.0. The van der Waals surface area contributed by atoms with Crippen LogP contribution >= 0.6 is 0 Å². The lowest BCUT2D eigenvalue weighted by Crippen LogP contribution is -2.36. The van der Waals surface area contributed by atoms with E-state index in [-0.39, 0.29) is 6.04 Å². The molecule has 154 valence electrons. The number of nitrogens with zero attached hydrogens (tertiary/aromatic N) is 6. The van der Waals surface area contributed by atoms with E-state index in [2.05, 4.69) is 68.6 Å². The molecule has 0 aliphatic carbocycles. The van der Waals surface area contributed by atoms with Crippen LogP contribution < -0.4 is 10.2 Å². The number of hydrogen-bond acceptors (Lipinski definition) is 7. The monoisotopic (exact) mass is 404 g/mol. The maximum absolute atomic E-state index is 5.44. The number of morpholine rings is 1. The standard InChI is InChI=1S/C21H24N8O/c1-14(2)29-13-15(11-23-29)20-25-18-12-22-27-19(18)21(26-20)24-16-3-5-17(6-4-16)28-7-9-30-10-8-28/h3-6,11-14H,7-10H2,1-2H3,(H,22,27)(H,24,25,26). The van der Waals surface area contributed by atoms with Crippen molar-refractivity contribution in [3.05, 3.63) is 42.9 Å². The minimum atomic E-state index is 0.277. The summed E-state index contributed by atoms with van der Waals surface area (Å²) in [6.07, 6.45) is 5.47. The molecular formula is C21H24N8O. The minimum Gasteiger partial charge on any atom is -0.378 e. The number of fused-ring (bicyclic) bond motifs is 1. The van der Waals surface area contributed by atoms with Gasteiger partial charge < -0.3 is 15.0 Å². The summed E-state index contributed by atoms with van der Waals surface area (Å²) < 4.78 is 7.33. The van der Waals surface area contributed by atoms with Crippen molar-refractivity contribution in [1.29, 1.82) is 0 Å². The molecule has 30 heavy (non-hydrogen) atoms. The first-order valence-corrected chi connectivity index (χ1v) is 10.1. The van der Waals surface area contributed by atoms with Crippen LogP contribution in [0.3, 0.4) is 0 Å². The van der Waals surface area contributed by atoms with Crippen LogP contribution in [0.2, 0.25) is 0 Å². The minimum absolute atomic E-state index is 0.277. The quantitative estimate of drug-likeness (QED) is 0.526. The first-order chi connectivity index (χ1) is 14.7. The molecule has 2 N–H and O–H groups in total. The summed E-state index contributed by atoms with van der Waals surface area (Å²) in [5.41, 5.74) is 4.54. The Bertz CT molecular complexity index is 1140. The zero-order chi connectivity index (χ0) is 20.5. The van der Waals surface area contributed by atoms with Crippen LogP contribution in [0.4, 0.5) is 17.2 Å². The van der Waals surface area contributed by atoms with Gasteiger partial charge in [0.15, 0.2) is 11.6 Å². The van der Waals surface area contributed by atoms with Gasteiger partial charge in [0, 0.05) is 36.7 Å². The van der Waals surface area contributed by atoms with Crippen LogP contribution in [0.25, 0.3) is 22.4 Å². The maximum atomic E-state index is 5.44. The van der Waals surface area contributed by atoms with Crippen LogP contribution in [-0.4, -0.2) is 56.2 Å². The molecule has 4 aromatic rings. The number of H-pyrrole nitrogens is 1. The second kappa shape index (κ2) is 7.75. The maximum Gasteiger partial charge on any atom is 0.165 e. The molecule has 0 saturated carbocycles. The lowest BCUT2D eigenvalue weighted by Gasteiger charge is -2.28. The highest BCUT2D eigenvalue weighted by Crippen LogP contribution is 2.27. The highest BCUT2D eigenvalue weighted by atomic mass is 16.5. The van der Waals surface area contributed by atoms with E-state index in [1.54, 1.807) is 12.4 Å². The number of anilines is 3. The molecule has 5 rings (SSSR count). The normalized spacial score (nSPS) is 14.6. The largest absolute Gasteiger partial charge is 0.378 e. The molecule has 1 fully saturated rings. The summed E-state index contributed by atoms with van der Waals surface area (Å²) in [7, 11) is 0. The molecule has 0 spiro atoms. The second-order valence-corrected chi connectivity index (χ2v) is 7.60. The van der Waals surface area contributed by atoms with Gasteiger partial charge in [-0.3, -0.25) is 9.78 Å². The van der Waals surface area contributed by atoms with Gasteiger partial charge in [-0.2, -0.15) is 10.2 Å². The Morgan fingerprint density at radius 2 is 1.87 bits per heavy atom. The van der Waals surface area contributed by atoms with Crippen LogP contribution in [0.1, 0.15) is 19.9 Å². The van der Waals surface area contributed by atoms with Crippen LogP contribution in [-0.2, 0) is 4.74 Å². The molecule has 1 saturated heterocycles. The fourth-order valence-corrected chi connectivity index (χ4v) is 3.51. The molecule has 1 aliphatic heterocycles. The van der Waals surface area contributed by atoms with E-state index in [4.69, 9.17) is 9.72 Å². The van der Waals surface area contributed by atoms with Gasteiger partial charge in [-0.25, -0.2) is 9.97 Å². The molecule has 0 atom stereocenters. The number of ether oxygens (including phenoxy) is 1. The number of benzene rings is 1. The Labute approximate surface area is 174 Å². The van der Waals surface area contributed by atoms with Crippen molar-refractivity contribution in [2.75, 3.05) is 36.5 Å². The van der Waals surface area contributed by atoms with Gasteiger partial charge in [0.2, 0.25) is 0 Å². The van der Waals surface area contributed by atoms with Gasteiger partial charge >= 0.3 is 0 Å². The van der Waals surface area contributed by atoms with Crippen molar-refractivity contribution in [3.63, 3.8) is 0 Å². The molecule has 0 unspecified atom stereocenters. The van der Waals surface area contributed by atoms with Gasteiger partial charge in [-0.1, -0.05) is 0 Å². The molecular weight excluding hydrogens is 380 g/mol. The van der Waals surface area contributed by atoms with Gasteiger partial charge in [-0.05, 0) is 38.1 Å². The predicted molar refractivity (Wildman–Crippen MR) is 116 cm³/mol. The zero-order valence-electron chi connectivity index (χ0n) is 17.0. The van der Waals surface area contributed by atoms with E-state index < -0.39 is 0 Å². The Balaban J connectivity index is 1.44. The summed E-state index contributed by atoms with van der Waals surface area (Å²) in [6.45, 7) is 7.56. The topological polar surface area (TPSA) is 96.8 Å². The van der Waals surface area contributed by atoms with E-state index in [1.807, 2.05) is 10.9 Å². The van der Waals surface area contributed by atoms with Crippen molar-refractivity contribution in [1.82, 2.24) is 29.9 Å². The summed E-state index contributed by atoms with van der Waals surface area (Å²) >= 11 is 0. The Morgan fingerprint density at radius 3 is 2.60 bits per heavy atom. The number of aromatic nitrogens is 6. The fourth-order valence-electron chi connectivity index (χ4n) is 3.51. The van der Waals surface area contributed by atoms with Gasteiger partial charge in [0.1, 0.15) is 11.0 Å². The summed E-state index contributed by atoms with van der Waals surface area (Å²) in [4.78, 5) is 11.7. The van der Waals surface area contributed by atoms with Crippen molar-refractivity contribution >= 4 is 28.2 Å². The average Bonchev–Trinajstić information content (AvgIpc) is 3.45. The Kier molecular flexibility index (Phi) is 4.80. The predicted octanol–water partition coefficient (Wildman–Crippen LogP) is 3.38. The number of nitrogens with one attached hydrogen (secondary N) is 2. The van der Waals surface area contributed by atoms with Gasteiger partial charge in [0.05, 0.1) is 31.2 Å². The highest BCUT2D eigenvalue weighted by Gasteiger charge is 2.14. The van der Waals surface area contributed by atoms with E-state index in [0.717, 1.165) is 48.6 Å². The van der Waals surface area contributed by atoms with Crippen molar-refractivity contribution in [3.8, 4) is 11.4 Å². The Hall–Kier alpha value is -3.46. The van der Waals surface area contributed by atoms with E-state index in [9.17, 15) is 0 Å². The second-order valence-electron chi connectivity index (χ2n) is 7.60. The fraction of sp³-hybridized carbons (Fsp3) is 0.333. The molecule has 1 aromatic carbocycles. The third-order valence-corrected chi connectivity index (χ3v) is 5.20. The molecule has 0 amide bonds. The molecule has 0 bridgehead atoms. The molecule has 3 aromatic heterocycles. The first-order valence-electron chi connectivity index (χ1n) is 10.1. The SMILES string of the molecule is CC(C)n1cc(-c2nc(Nc3ccc(N4CCOCC4)cc3)c3[nH]ncc3n2)cn1. The van der Waals surface area contributed by atoms with E-state index in [1.165, 1.54) is 5.69 Å². The number of aromatic amines is 1. The summed E-state index contributed by atoms with van der Waals surface area (Å²) in [6, 6.07) is 8.63. The van der Waals surface area contributed by atoms with Crippen LogP contribution in [0.15, 0.2) is 42.9 Å². The average molecular weight is 404 g/mol. The summed E-state index contributed by atoms with van der Waals surface area (Å²) in [5.74, 6) is 1.30. The first kappa shape index (κ1) is 18.6. The van der Waals surface area contributed by atoms with E-state index in [0.29, 0.717) is 11.6 Å². The highest BCUT2D eigenvalue weighted by molar-refractivity contribution is 5.88. The van der Waals surface area contributed by atoms with Gasteiger partial charge in [0.25, 0.3) is 0 Å². The van der Waals surface area contributed by atoms with Crippen LogP contribution in [0, 0.1) is 0 Å². The van der Waals surface area contributed by atoms with E-state index >= 15 is 0 Å². The van der Waals surface area contributed by atoms with Crippen molar-refractivity contribution < 1.29 is 4.74 Å². The molecule has 9 heteroatoms. The smallest absolute Gasteiger partial charge is 0.165 e. The lowest BCUT2D eigenvalue weighted by atomic mass is 10.2. The third-order valence-electron chi connectivity index (χ3n) is 5.20. The molecule has 9 nitrogen and oxygen atoms in total. The van der Waals surface area contributed by atoms with Gasteiger partial charge in [-0.15, -0.1) is 0 Å². The summed E-state index contributed by atoms with van der Waals surface area (Å²) in [5, 5.41) is 15.0. The third kappa shape index (κ3) is 3.59. The lowest BCUT2D eigenvalue weighted by molar-refractivity contribution is 0.122. The van der Waals surface area contributed by atoms with Crippen LogP contribution in [0.5, 0.6) is 0 Å². The number of rotatable bonds is 5. The molecule has 1 aliphatic rings. The van der Waals surface area contributed by atoms with Crippen molar-refractivity contribution in [2.45, 2.75) is 19.9 Å². The molecule has 4 heterocycles. The number of hydrogen-bond donors (Lipinski definition) is 2. The Morgan fingerprint density at radius 1 is 1.07 bits per heavy atom. The van der Waals surface area contributed by atoms with Crippen molar-refractivity contribution in [2.24, 2.45) is 0 Å². The molecule has 0 radical (unpaired) electrons.